The average molecular weight is 334 g/mol. The maximum Gasteiger partial charge on any atom is 0.165 e. The number of aromatic nitrogens is 3. The first-order chi connectivity index (χ1) is 12.4. The molecule has 5 nitrogen and oxygen atoms in total. The van der Waals surface area contributed by atoms with Gasteiger partial charge in [-0.2, -0.15) is 0 Å². The van der Waals surface area contributed by atoms with E-state index in [-0.39, 0.29) is 6.61 Å². The minimum atomic E-state index is 0.226. The molecule has 0 fully saturated rings. The highest BCUT2D eigenvalue weighted by molar-refractivity contribution is 5.77. The quantitative estimate of drug-likeness (QED) is 0.620. The Balaban J connectivity index is 1.86. The Hall–Kier alpha value is -2.63. The predicted molar refractivity (Wildman–Crippen MR) is 98.7 cm³/mol. The third-order valence-electron chi connectivity index (χ3n) is 3.87. The van der Waals surface area contributed by atoms with Crippen molar-refractivity contribution in [2.75, 3.05) is 13.2 Å². The Bertz CT molecular complexity index is 778. The summed E-state index contributed by atoms with van der Waals surface area (Å²) < 4.78 is 0. The van der Waals surface area contributed by atoms with Crippen LogP contribution in [0, 0.1) is 0 Å². The number of nitrogens with one attached hydrogen (secondary N) is 1. The second kappa shape index (κ2) is 9.01. The summed E-state index contributed by atoms with van der Waals surface area (Å²) in [5.41, 5.74) is 3.66. The molecule has 0 bridgehead atoms. The molecule has 3 aromatic rings. The molecule has 0 radical (unpaired) electrons. The summed E-state index contributed by atoms with van der Waals surface area (Å²) in [5, 5.41) is 20.9. The van der Waals surface area contributed by atoms with Crippen molar-refractivity contribution in [3.8, 4) is 22.5 Å². The number of rotatable bonds is 8. The van der Waals surface area contributed by atoms with Crippen molar-refractivity contribution in [1.29, 1.82) is 0 Å². The van der Waals surface area contributed by atoms with E-state index in [1.165, 1.54) is 0 Å². The van der Waals surface area contributed by atoms with Crippen molar-refractivity contribution in [2.45, 2.75) is 19.4 Å². The second-order valence-corrected chi connectivity index (χ2v) is 5.76. The third-order valence-corrected chi connectivity index (χ3v) is 3.87. The van der Waals surface area contributed by atoms with Crippen LogP contribution < -0.4 is 5.32 Å². The van der Waals surface area contributed by atoms with E-state index in [0.29, 0.717) is 12.4 Å². The molecule has 3 rings (SSSR count). The Morgan fingerprint density at radius 3 is 2.04 bits per heavy atom. The zero-order chi connectivity index (χ0) is 17.3. The van der Waals surface area contributed by atoms with E-state index >= 15 is 0 Å². The number of unbranched alkanes of at least 4 members (excludes halogenated alkanes) is 1. The van der Waals surface area contributed by atoms with E-state index in [9.17, 15) is 0 Å². The summed E-state index contributed by atoms with van der Waals surface area (Å²) in [6, 6.07) is 20.1. The molecule has 5 heteroatoms. The highest BCUT2D eigenvalue weighted by atomic mass is 16.2. The molecule has 0 amide bonds. The van der Waals surface area contributed by atoms with E-state index in [4.69, 9.17) is 10.1 Å². The molecule has 2 aromatic carbocycles. The topological polar surface area (TPSA) is 70.9 Å². The van der Waals surface area contributed by atoms with Crippen LogP contribution in [0.25, 0.3) is 22.5 Å². The summed E-state index contributed by atoms with van der Waals surface area (Å²) in [5.74, 6) is 0.669. The van der Waals surface area contributed by atoms with Crippen LogP contribution in [0.3, 0.4) is 0 Å². The molecule has 0 unspecified atom stereocenters. The van der Waals surface area contributed by atoms with E-state index in [2.05, 4.69) is 15.5 Å². The van der Waals surface area contributed by atoms with Gasteiger partial charge >= 0.3 is 0 Å². The molecule has 128 valence electrons. The highest BCUT2D eigenvalue weighted by Gasteiger charge is 2.13. The minimum absolute atomic E-state index is 0.226. The van der Waals surface area contributed by atoms with Crippen molar-refractivity contribution in [2.24, 2.45) is 0 Å². The Kier molecular flexibility index (Phi) is 6.20. The summed E-state index contributed by atoms with van der Waals surface area (Å²) >= 11 is 0. The summed E-state index contributed by atoms with van der Waals surface area (Å²) in [6.07, 6.45) is 1.73. The smallest absolute Gasteiger partial charge is 0.165 e. The van der Waals surface area contributed by atoms with Crippen LogP contribution >= 0.6 is 0 Å². The Morgan fingerprint density at radius 2 is 1.40 bits per heavy atom. The molecule has 0 aliphatic heterocycles. The molecule has 2 N–H and O–H groups in total. The second-order valence-electron chi connectivity index (χ2n) is 5.76. The first-order valence-electron chi connectivity index (χ1n) is 8.54. The molecule has 1 aromatic heterocycles. The van der Waals surface area contributed by atoms with Gasteiger partial charge in [-0.25, -0.2) is 4.98 Å². The van der Waals surface area contributed by atoms with E-state index in [1.807, 2.05) is 60.7 Å². The first-order valence-corrected chi connectivity index (χ1v) is 8.54. The highest BCUT2D eigenvalue weighted by Crippen LogP contribution is 2.27. The van der Waals surface area contributed by atoms with Gasteiger partial charge in [-0.15, -0.1) is 10.2 Å². The minimum Gasteiger partial charge on any atom is -0.396 e. The number of aliphatic hydroxyl groups excluding tert-OH is 1. The zero-order valence-corrected chi connectivity index (χ0v) is 14.1. The number of hydrogen-bond acceptors (Lipinski definition) is 5. The van der Waals surface area contributed by atoms with Crippen molar-refractivity contribution >= 4 is 0 Å². The van der Waals surface area contributed by atoms with Gasteiger partial charge in [-0.1, -0.05) is 60.7 Å². The van der Waals surface area contributed by atoms with Gasteiger partial charge in [0.25, 0.3) is 0 Å². The normalized spacial score (nSPS) is 10.8. The fourth-order valence-corrected chi connectivity index (χ4v) is 2.58. The van der Waals surface area contributed by atoms with Crippen LogP contribution in [0.1, 0.15) is 18.7 Å². The molecule has 25 heavy (non-hydrogen) atoms. The standard InChI is InChI=1S/C20H22N4O/c25-14-8-7-13-21-15-18-22-19(16-9-3-1-4-10-16)20(24-23-18)17-11-5-2-6-12-17/h1-6,9-12,21,25H,7-8,13-15H2. The van der Waals surface area contributed by atoms with Crippen molar-refractivity contribution in [3.05, 3.63) is 66.5 Å². The number of nitrogens with zero attached hydrogens (tertiary/aromatic N) is 3. The Labute approximate surface area is 147 Å². The number of benzene rings is 2. The van der Waals surface area contributed by atoms with Gasteiger partial charge < -0.3 is 10.4 Å². The van der Waals surface area contributed by atoms with Crippen LogP contribution in [0.4, 0.5) is 0 Å². The van der Waals surface area contributed by atoms with Crippen LogP contribution in [0.15, 0.2) is 60.7 Å². The maximum absolute atomic E-state index is 8.82. The van der Waals surface area contributed by atoms with Crippen LogP contribution in [-0.4, -0.2) is 33.4 Å². The van der Waals surface area contributed by atoms with Crippen molar-refractivity contribution in [3.63, 3.8) is 0 Å². The summed E-state index contributed by atoms with van der Waals surface area (Å²) in [6.45, 7) is 1.61. The monoisotopic (exact) mass is 334 g/mol. The van der Waals surface area contributed by atoms with Gasteiger partial charge in [-0.05, 0) is 19.4 Å². The number of hydrogen-bond donors (Lipinski definition) is 2. The largest absolute Gasteiger partial charge is 0.396 e. The SMILES string of the molecule is OCCCCNCc1nnc(-c2ccccc2)c(-c2ccccc2)n1. The fraction of sp³-hybridized carbons (Fsp3) is 0.250. The van der Waals surface area contributed by atoms with Crippen LogP contribution in [-0.2, 0) is 6.54 Å². The van der Waals surface area contributed by atoms with Crippen LogP contribution in [0.2, 0.25) is 0 Å². The lowest BCUT2D eigenvalue weighted by molar-refractivity contribution is 0.283. The molecule has 0 atom stereocenters. The first kappa shape index (κ1) is 17.2. The van der Waals surface area contributed by atoms with Gasteiger partial charge in [0.1, 0.15) is 11.4 Å². The van der Waals surface area contributed by atoms with Gasteiger partial charge in [0.05, 0.1) is 6.54 Å². The molecule has 0 saturated carbocycles. The average Bonchev–Trinajstić information content (AvgIpc) is 2.69. The lowest BCUT2D eigenvalue weighted by Gasteiger charge is -2.10. The molecule has 0 saturated heterocycles. The maximum atomic E-state index is 8.82. The molecule has 0 aliphatic rings. The summed E-state index contributed by atoms with van der Waals surface area (Å²) in [4.78, 5) is 4.75. The fourth-order valence-electron chi connectivity index (χ4n) is 2.58. The van der Waals surface area contributed by atoms with Gasteiger partial charge in [0.15, 0.2) is 5.82 Å². The third kappa shape index (κ3) is 4.68. The lowest BCUT2D eigenvalue weighted by Crippen LogP contribution is -2.18. The molecular weight excluding hydrogens is 312 g/mol. The molecular formula is C20H22N4O. The van der Waals surface area contributed by atoms with E-state index in [1.54, 1.807) is 0 Å². The van der Waals surface area contributed by atoms with E-state index in [0.717, 1.165) is 41.9 Å². The molecule has 0 aliphatic carbocycles. The van der Waals surface area contributed by atoms with Gasteiger partial charge in [0.2, 0.25) is 0 Å². The summed E-state index contributed by atoms with van der Waals surface area (Å²) in [7, 11) is 0. The number of aliphatic hydroxyl groups is 1. The molecule has 1 heterocycles. The zero-order valence-electron chi connectivity index (χ0n) is 14.1. The van der Waals surface area contributed by atoms with Crippen molar-refractivity contribution in [1.82, 2.24) is 20.5 Å². The van der Waals surface area contributed by atoms with Gasteiger partial charge in [0, 0.05) is 17.7 Å². The predicted octanol–water partition coefficient (Wildman–Crippen LogP) is 3.07. The van der Waals surface area contributed by atoms with Crippen molar-refractivity contribution < 1.29 is 5.11 Å². The van der Waals surface area contributed by atoms with Crippen LogP contribution in [0.5, 0.6) is 0 Å². The lowest BCUT2D eigenvalue weighted by atomic mass is 10.0. The van der Waals surface area contributed by atoms with E-state index < -0.39 is 0 Å². The Morgan fingerprint density at radius 1 is 0.760 bits per heavy atom. The molecule has 0 spiro atoms. The van der Waals surface area contributed by atoms with Gasteiger partial charge in [-0.3, -0.25) is 0 Å².